The van der Waals surface area contributed by atoms with E-state index >= 15 is 0 Å². The minimum Gasteiger partial charge on any atom is -0.442 e. The van der Waals surface area contributed by atoms with Crippen LogP contribution in [0, 0.1) is 0 Å². The van der Waals surface area contributed by atoms with Gasteiger partial charge in [0.2, 0.25) is 0 Å². The fourth-order valence-corrected chi connectivity index (χ4v) is 1.11. The molecule has 0 saturated heterocycles. The predicted octanol–water partition coefficient (Wildman–Crippen LogP) is 1.67. The second-order valence-corrected chi connectivity index (χ2v) is 2.41. The first-order valence-corrected chi connectivity index (χ1v) is 3.48. The van der Waals surface area contributed by atoms with E-state index in [0.29, 0.717) is 0 Å². The van der Waals surface area contributed by atoms with Gasteiger partial charge in [-0.2, -0.15) is 0 Å². The third kappa shape index (κ3) is 0.827. The van der Waals surface area contributed by atoms with Crippen LogP contribution in [0.15, 0.2) is 24.3 Å². The minimum atomic E-state index is -0.433. The van der Waals surface area contributed by atoms with Gasteiger partial charge in [-0.15, -0.1) is 0 Å². The summed E-state index contributed by atoms with van der Waals surface area (Å²) in [5.74, 6) is 1.53. The molecule has 1 aromatic carbocycles. The van der Waals surface area contributed by atoms with Gasteiger partial charge in [0.15, 0.2) is 11.5 Å². The van der Waals surface area contributed by atoms with E-state index in [1.54, 1.807) is 0 Å². The monoisotopic (exact) mass is 154 g/mol. The van der Waals surface area contributed by atoms with Crippen LogP contribution in [0.2, 0.25) is 0 Å². The summed E-state index contributed by atoms with van der Waals surface area (Å²) in [5, 5.41) is 0. The Kier molecular flexibility index (Phi) is 1.24. The molecule has 1 aromatic rings. The summed E-state index contributed by atoms with van der Waals surface area (Å²) < 4.78 is 10.3. The Morgan fingerprint density at radius 3 is 2.10 bits per heavy atom. The molecule has 0 amide bonds. The summed E-state index contributed by atoms with van der Waals surface area (Å²) in [7, 11) is 0. The fourth-order valence-electron chi connectivity index (χ4n) is 0.886. The fraction of sp³-hybridized carbons (Fsp3) is 0.143. The van der Waals surface area contributed by atoms with Crippen molar-refractivity contribution in [3.8, 4) is 11.5 Å². The Labute approximate surface area is 64.2 Å². The molecule has 0 N–H and O–H groups in total. The highest BCUT2D eigenvalue weighted by Crippen LogP contribution is 2.34. The number of hydrogen-bond donors (Lipinski definition) is 1. The van der Waals surface area contributed by atoms with Crippen molar-refractivity contribution in [3.05, 3.63) is 24.3 Å². The highest BCUT2D eigenvalue weighted by atomic mass is 32.1. The predicted molar refractivity (Wildman–Crippen MR) is 40.5 cm³/mol. The van der Waals surface area contributed by atoms with E-state index in [4.69, 9.17) is 9.47 Å². The highest BCUT2D eigenvalue weighted by Gasteiger charge is 2.18. The van der Waals surface area contributed by atoms with E-state index < -0.39 is 5.62 Å². The zero-order valence-electron chi connectivity index (χ0n) is 5.15. The summed E-state index contributed by atoms with van der Waals surface area (Å²) in [6, 6.07) is 7.50. The highest BCUT2D eigenvalue weighted by molar-refractivity contribution is 7.80. The van der Waals surface area contributed by atoms with Gasteiger partial charge in [0, 0.05) is 0 Å². The normalized spacial score (nSPS) is 15.7. The summed E-state index contributed by atoms with van der Waals surface area (Å²) in [6.45, 7) is 0. The van der Waals surface area contributed by atoms with E-state index in [2.05, 4.69) is 12.6 Å². The summed E-state index contributed by atoms with van der Waals surface area (Å²) in [4.78, 5) is 0. The molecule has 0 bridgehead atoms. The number of hydrogen-bond acceptors (Lipinski definition) is 3. The minimum absolute atomic E-state index is 0.433. The number of thiol groups is 1. The quantitative estimate of drug-likeness (QED) is 0.573. The Bertz CT molecular complexity index is 224. The van der Waals surface area contributed by atoms with Gasteiger partial charge in [0.05, 0.1) is 0 Å². The molecule has 1 aliphatic heterocycles. The van der Waals surface area contributed by atoms with Crippen LogP contribution in [-0.2, 0) is 0 Å². The van der Waals surface area contributed by atoms with Crippen molar-refractivity contribution in [2.45, 2.75) is 5.62 Å². The van der Waals surface area contributed by atoms with Crippen LogP contribution < -0.4 is 9.47 Å². The first kappa shape index (κ1) is 5.92. The first-order valence-electron chi connectivity index (χ1n) is 2.97. The Morgan fingerprint density at radius 1 is 1.10 bits per heavy atom. The molecule has 3 heteroatoms. The molecule has 0 radical (unpaired) electrons. The molecule has 1 aliphatic rings. The number of rotatable bonds is 0. The van der Waals surface area contributed by atoms with Gasteiger partial charge in [-0.3, -0.25) is 0 Å². The van der Waals surface area contributed by atoms with E-state index in [1.165, 1.54) is 0 Å². The average Bonchev–Trinajstić information content (AvgIpc) is 2.27. The molecule has 0 fully saturated rings. The zero-order chi connectivity index (χ0) is 6.97. The van der Waals surface area contributed by atoms with Crippen LogP contribution in [0.5, 0.6) is 11.5 Å². The number of benzene rings is 1. The SMILES string of the molecule is SC1Oc2ccccc2O1. The van der Waals surface area contributed by atoms with E-state index in [-0.39, 0.29) is 0 Å². The van der Waals surface area contributed by atoms with Gasteiger partial charge in [-0.05, 0) is 12.1 Å². The van der Waals surface area contributed by atoms with Crippen LogP contribution in [-0.4, -0.2) is 5.62 Å². The van der Waals surface area contributed by atoms with Crippen LogP contribution in [0.1, 0.15) is 0 Å². The molecule has 1 heterocycles. The largest absolute Gasteiger partial charge is 0.442 e. The lowest BCUT2D eigenvalue weighted by atomic mass is 10.3. The molecule has 0 aromatic heterocycles. The third-order valence-electron chi connectivity index (χ3n) is 1.30. The topological polar surface area (TPSA) is 18.5 Å². The lowest BCUT2D eigenvalue weighted by Gasteiger charge is -1.98. The lowest BCUT2D eigenvalue weighted by molar-refractivity contribution is 0.138. The summed E-state index contributed by atoms with van der Waals surface area (Å²) in [6.07, 6.45) is 0. The summed E-state index contributed by atoms with van der Waals surface area (Å²) >= 11 is 3.99. The molecule has 2 rings (SSSR count). The maximum atomic E-state index is 5.15. The second kappa shape index (κ2) is 2.09. The van der Waals surface area contributed by atoms with Gasteiger partial charge in [-0.25, -0.2) is 0 Å². The molecule has 0 aliphatic carbocycles. The van der Waals surface area contributed by atoms with Crippen molar-refractivity contribution in [2.75, 3.05) is 0 Å². The van der Waals surface area contributed by atoms with Crippen LogP contribution in [0.25, 0.3) is 0 Å². The maximum Gasteiger partial charge on any atom is 0.288 e. The smallest absolute Gasteiger partial charge is 0.288 e. The first-order chi connectivity index (χ1) is 4.86. The van der Waals surface area contributed by atoms with Crippen LogP contribution in [0.4, 0.5) is 0 Å². The van der Waals surface area contributed by atoms with Crippen LogP contribution in [0.3, 0.4) is 0 Å². The van der Waals surface area contributed by atoms with Gasteiger partial charge in [0.25, 0.3) is 5.62 Å². The second-order valence-electron chi connectivity index (χ2n) is 1.99. The third-order valence-corrected chi connectivity index (χ3v) is 1.52. The Hall–Kier alpha value is -0.830. The number of ether oxygens (including phenoxy) is 2. The number of para-hydroxylation sites is 2. The van der Waals surface area contributed by atoms with Gasteiger partial charge in [0.1, 0.15) is 0 Å². The van der Waals surface area contributed by atoms with Crippen molar-refractivity contribution < 1.29 is 9.47 Å². The van der Waals surface area contributed by atoms with E-state index in [9.17, 15) is 0 Å². The van der Waals surface area contributed by atoms with Gasteiger partial charge < -0.3 is 9.47 Å². The molecular weight excluding hydrogens is 148 g/mol. The molecule has 0 spiro atoms. The maximum absolute atomic E-state index is 5.15. The molecular formula is C7H6O2S. The van der Waals surface area contributed by atoms with Crippen molar-refractivity contribution in [1.82, 2.24) is 0 Å². The number of fused-ring (bicyclic) bond motifs is 1. The van der Waals surface area contributed by atoms with Gasteiger partial charge >= 0.3 is 0 Å². The van der Waals surface area contributed by atoms with Crippen molar-refractivity contribution in [3.63, 3.8) is 0 Å². The Balaban J connectivity index is 2.42. The Morgan fingerprint density at radius 2 is 1.60 bits per heavy atom. The van der Waals surface area contributed by atoms with Crippen molar-refractivity contribution in [2.24, 2.45) is 0 Å². The van der Waals surface area contributed by atoms with E-state index in [0.717, 1.165) is 11.5 Å². The standard InChI is InChI=1S/C7H6O2S/c10-7-8-5-3-1-2-4-6(5)9-7/h1-4,7,10H. The molecule has 10 heavy (non-hydrogen) atoms. The summed E-state index contributed by atoms with van der Waals surface area (Å²) in [5.41, 5.74) is -0.433. The molecule has 2 nitrogen and oxygen atoms in total. The van der Waals surface area contributed by atoms with Crippen LogP contribution >= 0.6 is 12.6 Å². The molecule has 0 atom stereocenters. The molecule has 0 saturated carbocycles. The zero-order valence-corrected chi connectivity index (χ0v) is 6.04. The molecule has 52 valence electrons. The van der Waals surface area contributed by atoms with Crippen molar-refractivity contribution >= 4 is 12.6 Å². The van der Waals surface area contributed by atoms with Gasteiger partial charge in [-0.1, -0.05) is 24.8 Å². The van der Waals surface area contributed by atoms with Crippen molar-refractivity contribution in [1.29, 1.82) is 0 Å². The molecule has 0 unspecified atom stereocenters. The average molecular weight is 154 g/mol. The lowest BCUT2D eigenvalue weighted by Crippen LogP contribution is -2.07. The van der Waals surface area contributed by atoms with E-state index in [1.807, 2.05) is 24.3 Å².